The fourth-order valence-corrected chi connectivity index (χ4v) is 7.32. The number of aryl methyl sites for hydroxylation is 1. The van der Waals surface area contributed by atoms with Gasteiger partial charge in [0, 0.05) is 44.1 Å². The third-order valence-electron chi connectivity index (χ3n) is 8.40. The molecule has 0 saturated heterocycles. The Morgan fingerprint density at radius 1 is 1.04 bits per heavy atom. The molecule has 4 rings (SSSR count). The molecule has 0 bridgehead atoms. The molecule has 0 atom stereocenters. The lowest BCUT2D eigenvalue weighted by Gasteiger charge is -2.25. The van der Waals surface area contributed by atoms with Crippen molar-refractivity contribution in [2.45, 2.75) is 83.4 Å². The van der Waals surface area contributed by atoms with Gasteiger partial charge in [0.25, 0.3) is 15.9 Å². The molecule has 13 heteroatoms. The molecule has 1 amide bonds. The maximum Gasteiger partial charge on any atom is 0.268 e. The van der Waals surface area contributed by atoms with E-state index in [1.165, 1.54) is 13.2 Å². The van der Waals surface area contributed by atoms with Gasteiger partial charge in [0.05, 0.1) is 31.4 Å². The van der Waals surface area contributed by atoms with Crippen molar-refractivity contribution in [3.05, 3.63) is 64.9 Å². The molecule has 0 saturated carbocycles. The van der Waals surface area contributed by atoms with Gasteiger partial charge < -0.3 is 14.0 Å². The zero-order valence-corrected chi connectivity index (χ0v) is 28.5. The maximum atomic E-state index is 14.2. The minimum absolute atomic E-state index is 0.0357. The van der Waals surface area contributed by atoms with Crippen LogP contribution >= 0.6 is 0 Å². The van der Waals surface area contributed by atoms with Crippen LogP contribution in [0.25, 0.3) is 11.1 Å². The first-order valence-corrected chi connectivity index (χ1v) is 17.3. The van der Waals surface area contributed by atoms with Crippen LogP contribution in [0.4, 0.5) is 14.6 Å². The summed E-state index contributed by atoms with van der Waals surface area (Å²) in [5, 5.41) is 4.00. The smallest absolute Gasteiger partial charge is 0.268 e. The van der Waals surface area contributed by atoms with Crippen molar-refractivity contribution in [3.63, 3.8) is 0 Å². The predicted octanol–water partition coefficient (Wildman–Crippen LogP) is 6.68. The highest BCUT2D eigenvalue weighted by atomic mass is 32.2. The summed E-state index contributed by atoms with van der Waals surface area (Å²) in [6, 6.07) is 12.2. The van der Waals surface area contributed by atoms with E-state index in [1.54, 1.807) is 36.9 Å². The van der Waals surface area contributed by atoms with Crippen LogP contribution in [-0.2, 0) is 37.4 Å². The van der Waals surface area contributed by atoms with Gasteiger partial charge in [-0.05, 0) is 49.9 Å². The number of anilines is 1. The zero-order chi connectivity index (χ0) is 34.2. The summed E-state index contributed by atoms with van der Waals surface area (Å²) in [4.78, 5) is 19.9. The Bertz CT molecular complexity index is 1670. The van der Waals surface area contributed by atoms with Crippen LogP contribution in [0.2, 0.25) is 0 Å². The molecule has 1 aliphatic rings. The number of sulfonamides is 1. The van der Waals surface area contributed by atoms with Gasteiger partial charge in [0.15, 0.2) is 5.82 Å². The molecule has 0 fully saturated rings. The number of amidine groups is 1. The van der Waals surface area contributed by atoms with Gasteiger partial charge in [0.1, 0.15) is 23.9 Å². The molecule has 1 aromatic heterocycles. The molecular weight excluding hydrogens is 630 g/mol. The lowest BCUT2D eigenvalue weighted by molar-refractivity contribution is -0.132. The monoisotopic (exact) mass is 674 g/mol. The molecule has 2 heterocycles. The first-order valence-electron chi connectivity index (χ1n) is 15.8. The normalized spacial score (nSPS) is 14.6. The van der Waals surface area contributed by atoms with Gasteiger partial charge in [-0.25, -0.2) is 12.7 Å². The molecule has 2 aromatic carbocycles. The number of aromatic nitrogens is 1. The van der Waals surface area contributed by atoms with E-state index in [1.807, 2.05) is 32.0 Å². The number of rotatable bonds is 18. The average Bonchev–Trinajstić information content (AvgIpc) is 3.52. The average molecular weight is 675 g/mol. The van der Waals surface area contributed by atoms with Gasteiger partial charge in [0.2, 0.25) is 0 Å². The summed E-state index contributed by atoms with van der Waals surface area (Å²) in [6.45, 7) is 6.22. The molecule has 256 valence electrons. The first kappa shape index (κ1) is 36.2. The van der Waals surface area contributed by atoms with Crippen LogP contribution in [0, 0.1) is 13.8 Å². The Labute approximate surface area is 275 Å². The van der Waals surface area contributed by atoms with Crippen LogP contribution in [-0.4, -0.2) is 69.6 Å². The summed E-state index contributed by atoms with van der Waals surface area (Å²) >= 11 is 0. The Kier molecular flexibility index (Phi) is 12.3. The zero-order valence-electron chi connectivity index (χ0n) is 27.7. The van der Waals surface area contributed by atoms with Crippen LogP contribution < -0.4 is 4.31 Å². The van der Waals surface area contributed by atoms with Gasteiger partial charge in [-0.1, -0.05) is 54.9 Å². The molecule has 3 aromatic rings. The molecule has 0 N–H and O–H groups in total. The van der Waals surface area contributed by atoms with Crippen molar-refractivity contribution in [1.82, 2.24) is 10.1 Å². The third-order valence-corrected chi connectivity index (χ3v) is 10.2. The predicted molar refractivity (Wildman–Crippen MR) is 176 cm³/mol. The molecule has 10 nitrogen and oxygen atoms in total. The van der Waals surface area contributed by atoms with Crippen molar-refractivity contribution >= 4 is 27.6 Å². The molecule has 0 spiro atoms. The summed E-state index contributed by atoms with van der Waals surface area (Å²) in [5.74, 6) is 0.756. The fraction of sp³-hybridized carbons (Fsp3) is 0.500. The number of benzene rings is 2. The topological polar surface area (TPSA) is 115 Å². The van der Waals surface area contributed by atoms with Gasteiger partial charge in [-0.2, -0.15) is 0 Å². The quantitative estimate of drug-likeness (QED) is 0.138. The third kappa shape index (κ3) is 7.57. The van der Waals surface area contributed by atoms with Gasteiger partial charge in [-0.15, -0.1) is 0 Å². The number of ether oxygens (including phenoxy) is 2. The van der Waals surface area contributed by atoms with Crippen molar-refractivity contribution in [2.75, 3.05) is 38.1 Å². The Hall–Kier alpha value is -3.68. The number of hydrogen-bond acceptors (Lipinski definition) is 8. The van der Waals surface area contributed by atoms with Crippen LogP contribution in [0.1, 0.15) is 68.4 Å². The highest BCUT2D eigenvalue weighted by Crippen LogP contribution is 2.37. The molecule has 47 heavy (non-hydrogen) atoms. The number of unbranched alkanes of at least 4 members (excludes halogenated alkanes) is 1. The Morgan fingerprint density at radius 3 is 2.38 bits per heavy atom. The molecular formula is C34H44F2N4O6S. The van der Waals surface area contributed by atoms with E-state index in [9.17, 15) is 22.0 Å². The van der Waals surface area contributed by atoms with E-state index < -0.39 is 34.8 Å². The van der Waals surface area contributed by atoms with Crippen molar-refractivity contribution in [3.8, 4) is 11.1 Å². The first-order chi connectivity index (χ1) is 22.6. The fourth-order valence-electron chi connectivity index (χ4n) is 5.73. The number of nitrogens with zero attached hydrogens (tertiary/aromatic N) is 4. The summed E-state index contributed by atoms with van der Waals surface area (Å²) in [7, 11) is -2.80. The van der Waals surface area contributed by atoms with E-state index >= 15 is 0 Å². The molecule has 0 aliphatic carbocycles. The minimum atomic E-state index is -4.20. The molecule has 1 aliphatic heterocycles. The van der Waals surface area contributed by atoms with Gasteiger partial charge >= 0.3 is 0 Å². The number of aliphatic imine (C=N–C) groups is 1. The van der Waals surface area contributed by atoms with Crippen molar-refractivity contribution in [2.24, 2.45) is 4.99 Å². The van der Waals surface area contributed by atoms with E-state index in [0.29, 0.717) is 46.9 Å². The number of amides is 1. The minimum Gasteiger partial charge on any atom is -0.377 e. The number of alkyl halides is 2. The highest BCUT2D eigenvalue weighted by molar-refractivity contribution is 7.93. The standard InChI is InChI=1S/C34H44F2N4O6S/c1-6-8-13-31-37-34(16-18-35,17-19-36)33(41)39(31)21-26-14-15-28(27(20-26)22-45-7-2)29-11-9-10-12-30(29)47(42,43)40(23-44-5)32-24(3)25(4)46-38-32/h9-12,14-15,20H,6-8,13,16-19,21-23H2,1-5H3. The van der Waals surface area contributed by atoms with Crippen LogP contribution in [0.3, 0.4) is 0 Å². The summed E-state index contributed by atoms with van der Waals surface area (Å²) in [5.41, 5.74) is 1.65. The highest BCUT2D eigenvalue weighted by Gasteiger charge is 2.47. The van der Waals surface area contributed by atoms with Crippen molar-refractivity contribution in [1.29, 1.82) is 0 Å². The Morgan fingerprint density at radius 2 is 1.77 bits per heavy atom. The summed E-state index contributed by atoms with van der Waals surface area (Å²) < 4.78 is 73.1. The van der Waals surface area contributed by atoms with Crippen LogP contribution in [0.15, 0.2) is 56.9 Å². The van der Waals surface area contributed by atoms with E-state index in [-0.39, 0.29) is 43.4 Å². The SMILES string of the molecule is CCCCC1=NC(CCF)(CCF)C(=O)N1Cc1ccc(-c2ccccc2S(=O)(=O)N(COC)c2noc(C)c2C)c(COCC)c1. The lowest BCUT2D eigenvalue weighted by Crippen LogP contribution is -2.43. The van der Waals surface area contributed by atoms with E-state index in [0.717, 1.165) is 22.7 Å². The number of halogens is 2. The second-order valence-corrected chi connectivity index (χ2v) is 13.3. The number of carbonyl (C=O) groups excluding carboxylic acids is 1. The van der Waals surface area contributed by atoms with E-state index in [2.05, 4.69) is 10.1 Å². The Balaban J connectivity index is 1.77. The summed E-state index contributed by atoms with van der Waals surface area (Å²) in [6.07, 6.45) is 1.81. The molecule has 0 radical (unpaired) electrons. The lowest BCUT2D eigenvalue weighted by atomic mass is 9.92. The van der Waals surface area contributed by atoms with Crippen molar-refractivity contribution < 1.29 is 36.0 Å². The van der Waals surface area contributed by atoms with Crippen LogP contribution in [0.5, 0.6) is 0 Å². The number of carbonyl (C=O) groups is 1. The largest absolute Gasteiger partial charge is 0.377 e. The second kappa shape index (κ2) is 15.9. The van der Waals surface area contributed by atoms with Gasteiger partial charge in [-0.3, -0.25) is 23.5 Å². The number of methoxy groups -OCH3 is 1. The maximum absolute atomic E-state index is 14.2. The second-order valence-electron chi connectivity index (χ2n) is 11.5. The van der Waals surface area contributed by atoms with E-state index in [4.69, 9.17) is 14.0 Å². The number of hydrogen-bond donors (Lipinski definition) is 0. The molecule has 0 unspecified atom stereocenters.